The molecule has 0 spiro atoms. The minimum absolute atomic E-state index is 0.140. The Hall–Kier alpha value is -2.50. The maximum Gasteiger partial charge on any atom is 0.257 e. The van der Waals surface area contributed by atoms with Crippen LogP contribution >= 0.6 is 0 Å². The van der Waals surface area contributed by atoms with Gasteiger partial charge in [0.25, 0.3) is 5.91 Å². The Morgan fingerprint density at radius 1 is 1.39 bits per heavy atom. The Balaban J connectivity index is 2.25. The summed E-state index contributed by atoms with van der Waals surface area (Å²) < 4.78 is 13.5. The van der Waals surface area contributed by atoms with Gasteiger partial charge in [-0.1, -0.05) is 0 Å². The monoisotopic (exact) mass is 246 g/mol. The Morgan fingerprint density at radius 3 is 2.78 bits per heavy atom. The number of rotatable bonds is 2. The zero-order valence-electron chi connectivity index (χ0n) is 9.64. The van der Waals surface area contributed by atoms with Gasteiger partial charge in [0.2, 0.25) is 0 Å². The molecule has 0 saturated carbocycles. The van der Waals surface area contributed by atoms with E-state index in [-0.39, 0.29) is 11.3 Å². The van der Waals surface area contributed by atoms with Crippen molar-refractivity contribution in [1.82, 2.24) is 9.97 Å². The van der Waals surface area contributed by atoms with Crippen molar-refractivity contribution in [2.45, 2.75) is 6.92 Å². The lowest BCUT2D eigenvalue weighted by atomic mass is 10.1. The molecule has 0 saturated heterocycles. The topological polar surface area (TPSA) is 80.9 Å². The number of hydrogen-bond acceptors (Lipinski definition) is 4. The van der Waals surface area contributed by atoms with E-state index in [9.17, 15) is 9.18 Å². The van der Waals surface area contributed by atoms with E-state index in [1.54, 1.807) is 6.92 Å². The first-order valence-corrected chi connectivity index (χ1v) is 5.21. The number of amides is 1. The van der Waals surface area contributed by atoms with Gasteiger partial charge in [-0.25, -0.2) is 9.37 Å². The largest absolute Gasteiger partial charge is 0.398 e. The van der Waals surface area contributed by atoms with E-state index in [1.165, 1.54) is 24.7 Å². The number of benzene rings is 1. The molecule has 1 aromatic heterocycles. The van der Waals surface area contributed by atoms with Gasteiger partial charge < -0.3 is 11.1 Å². The van der Waals surface area contributed by atoms with E-state index in [0.29, 0.717) is 11.4 Å². The van der Waals surface area contributed by atoms with E-state index < -0.39 is 11.7 Å². The number of nitrogens with two attached hydrogens (primary N) is 1. The van der Waals surface area contributed by atoms with Crippen LogP contribution in [0, 0.1) is 12.7 Å². The number of anilines is 2. The lowest BCUT2D eigenvalue weighted by molar-refractivity contribution is 0.102. The number of carbonyl (C=O) groups is 1. The van der Waals surface area contributed by atoms with Crippen LogP contribution in [0.1, 0.15) is 15.9 Å². The molecule has 0 unspecified atom stereocenters. The zero-order valence-corrected chi connectivity index (χ0v) is 9.64. The average molecular weight is 246 g/mol. The van der Waals surface area contributed by atoms with Crippen LogP contribution in [0.25, 0.3) is 0 Å². The van der Waals surface area contributed by atoms with Gasteiger partial charge in [-0.05, 0) is 19.1 Å². The van der Waals surface area contributed by atoms with Crippen LogP contribution in [-0.4, -0.2) is 15.9 Å². The third-order valence-electron chi connectivity index (χ3n) is 2.45. The molecule has 92 valence electrons. The first kappa shape index (κ1) is 12.0. The van der Waals surface area contributed by atoms with Gasteiger partial charge in [-0.3, -0.25) is 9.78 Å². The molecule has 18 heavy (non-hydrogen) atoms. The minimum Gasteiger partial charge on any atom is -0.398 e. The fourth-order valence-electron chi connectivity index (χ4n) is 1.38. The van der Waals surface area contributed by atoms with Crippen LogP contribution in [0.4, 0.5) is 15.9 Å². The molecule has 1 heterocycles. The summed E-state index contributed by atoms with van der Waals surface area (Å²) in [6.45, 7) is 1.55. The molecular weight excluding hydrogens is 235 g/mol. The summed E-state index contributed by atoms with van der Waals surface area (Å²) in [4.78, 5) is 19.5. The fraction of sp³-hybridized carbons (Fsp3) is 0.0833. The Bertz CT molecular complexity index is 563. The van der Waals surface area contributed by atoms with Gasteiger partial charge in [0, 0.05) is 29.2 Å². The standard InChI is InChI=1S/C12H11FN4O/c1-7-9(13)4-8(5-10(7)14)12(18)17-11-6-15-2-3-16-11/h2-6H,14H2,1H3,(H,16,17,18). The second-order valence-electron chi connectivity index (χ2n) is 3.72. The van der Waals surface area contributed by atoms with Gasteiger partial charge in [0.15, 0.2) is 5.82 Å². The smallest absolute Gasteiger partial charge is 0.257 e. The third kappa shape index (κ3) is 2.42. The number of nitrogen functional groups attached to an aromatic ring is 1. The zero-order chi connectivity index (χ0) is 13.1. The van der Waals surface area contributed by atoms with Crippen LogP contribution in [0.5, 0.6) is 0 Å². The van der Waals surface area contributed by atoms with Crippen LogP contribution in [0.15, 0.2) is 30.7 Å². The Morgan fingerprint density at radius 2 is 2.17 bits per heavy atom. The second-order valence-corrected chi connectivity index (χ2v) is 3.72. The number of nitrogens with one attached hydrogen (secondary N) is 1. The molecule has 2 aromatic rings. The van der Waals surface area contributed by atoms with Crippen molar-refractivity contribution in [2.75, 3.05) is 11.1 Å². The predicted octanol–water partition coefficient (Wildman–Crippen LogP) is 1.76. The number of halogens is 1. The lowest BCUT2D eigenvalue weighted by Gasteiger charge is -2.07. The lowest BCUT2D eigenvalue weighted by Crippen LogP contribution is -2.14. The number of aromatic nitrogens is 2. The summed E-state index contributed by atoms with van der Waals surface area (Å²) in [6, 6.07) is 2.56. The van der Waals surface area contributed by atoms with Crippen LogP contribution < -0.4 is 11.1 Å². The van der Waals surface area contributed by atoms with E-state index in [1.807, 2.05) is 0 Å². The van der Waals surface area contributed by atoms with E-state index >= 15 is 0 Å². The Labute approximate surface area is 103 Å². The fourth-order valence-corrected chi connectivity index (χ4v) is 1.38. The van der Waals surface area contributed by atoms with E-state index in [0.717, 1.165) is 6.07 Å². The predicted molar refractivity (Wildman–Crippen MR) is 65.5 cm³/mol. The number of hydrogen-bond donors (Lipinski definition) is 2. The molecule has 3 N–H and O–H groups in total. The van der Waals surface area contributed by atoms with Crippen molar-refractivity contribution >= 4 is 17.4 Å². The van der Waals surface area contributed by atoms with Gasteiger partial charge in [0.05, 0.1) is 6.20 Å². The molecule has 0 aliphatic rings. The summed E-state index contributed by atoms with van der Waals surface area (Å²) in [6.07, 6.45) is 4.32. The summed E-state index contributed by atoms with van der Waals surface area (Å²) in [5.74, 6) is -0.706. The maximum atomic E-state index is 13.5. The van der Waals surface area contributed by atoms with Gasteiger partial charge in [-0.2, -0.15) is 0 Å². The highest BCUT2D eigenvalue weighted by Gasteiger charge is 2.11. The second kappa shape index (κ2) is 4.79. The minimum atomic E-state index is -0.515. The van der Waals surface area contributed by atoms with Gasteiger partial charge in [-0.15, -0.1) is 0 Å². The summed E-state index contributed by atoms with van der Waals surface area (Å²) in [5, 5.41) is 2.50. The quantitative estimate of drug-likeness (QED) is 0.791. The molecule has 0 aliphatic carbocycles. The third-order valence-corrected chi connectivity index (χ3v) is 2.45. The van der Waals surface area contributed by atoms with Gasteiger partial charge in [0.1, 0.15) is 5.82 Å². The molecule has 1 amide bonds. The molecule has 0 bridgehead atoms. The highest BCUT2D eigenvalue weighted by Crippen LogP contribution is 2.18. The van der Waals surface area contributed by atoms with E-state index in [4.69, 9.17) is 5.73 Å². The van der Waals surface area contributed by atoms with Crippen molar-refractivity contribution in [1.29, 1.82) is 0 Å². The summed E-state index contributed by atoms with van der Waals surface area (Å²) >= 11 is 0. The number of nitrogens with zero attached hydrogens (tertiary/aromatic N) is 2. The molecular formula is C12H11FN4O. The van der Waals surface area contributed by atoms with Crippen molar-refractivity contribution < 1.29 is 9.18 Å². The molecule has 2 rings (SSSR count). The summed E-state index contributed by atoms with van der Waals surface area (Å²) in [5.41, 5.74) is 6.31. The highest BCUT2D eigenvalue weighted by molar-refractivity contribution is 6.04. The molecule has 0 atom stereocenters. The number of carbonyl (C=O) groups excluding carboxylic acids is 1. The van der Waals surface area contributed by atoms with Crippen molar-refractivity contribution in [3.05, 3.63) is 47.7 Å². The van der Waals surface area contributed by atoms with E-state index in [2.05, 4.69) is 15.3 Å². The van der Waals surface area contributed by atoms with Crippen LogP contribution in [0.2, 0.25) is 0 Å². The van der Waals surface area contributed by atoms with Crippen molar-refractivity contribution in [2.24, 2.45) is 0 Å². The normalized spacial score (nSPS) is 10.1. The van der Waals surface area contributed by atoms with Crippen LogP contribution in [-0.2, 0) is 0 Å². The first-order chi connectivity index (χ1) is 8.58. The SMILES string of the molecule is Cc1c(N)cc(C(=O)Nc2cnccn2)cc1F. The van der Waals surface area contributed by atoms with Crippen molar-refractivity contribution in [3.8, 4) is 0 Å². The molecule has 0 radical (unpaired) electrons. The average Bonchev–Trinajstić information content (AvgIpc) is 2.36. The Kier molecular flexibility index (Phi) is 3.18. The molecule has 0 aliphatic heterocycles. The van der Waals surface area contributed by atoms with Gasteiger partial charge >= 0.3 is 0 Å². The molecule has 0 fully saturated rings. The van der Waals surface area contributed by atoms with Crippen molar-refractivity contribution in [3.63, 3.8) is 0 Å². The molecule has 6 heteroatoms. The maximum absolute atomic E-state index is 13.5. The molecule has 1 aromatic carbocycles. The van der Waals surface area contributed by atoms with Crippen LogP contribution in [0.3, 0.4) is 0 Å². The first-order valence-electron chi connectivity index (χ1n) is 5.21. The summed E-state index contributed by atoms with van der Waals surface area (Å²) in [7, 11) is 0. The molecule has 5 nitrogen and oxygen atoms in total. The highest BCUT2D eigenvalue weighted by atomic mass is 19.1.